The van der Waals surface area contributed by atoms with Crippen LogP contribution in [0, 0.1) is 0 Å². The van der Waals surface area contributed by atoms with Gasteiger partial charge in [-0.05, 0) is 54.3 Å². The van der Waals surface area contributed by atoms with Gasteiger partial charge in [-0.1, -0.05) is 38.8 Å². The van der Waals surface area contributed by atoms with Crippen molar-refractivity contribution in [3.8, 4) is 0 Å². The smallest absolute Gasteiger partial charge is 0.409 e. The summed E-state index contributed by atoms with van der Waals surface area (Å²) in [4.78, 5) is 37.3. The average Bonchev–Trinajstić information content (AvgIpc) is 2.74. The molecule has 0 fully saturated rings. The van der Waals surface area contributed by atoms with E-state index in [1.807, 2.05) is 30.3 Å². The van der Waals surface area contributed by atoms with Crippen LogP contribution in [0.1, 0.15) is 64.0 Å². The summed E-state index contributed by atoms with van der Waals surface area (Å²) in [6, 6.07) is 13.0. The van der Waals surface area contributed by atoms with Crippen LogP contribution in [0.2, 0.25) is 0 Å². The second kappa shape index (κ2) is 9.85. The molecule has 3 rings (SSSR count). The zero-order valence-corrected chi connectivity index (χ0v) is 18.9. The highest BCUT2D eigenvalue weighted by molar-refractivity contribution is 5.95. The Bertz CT molecular complexity index is 1000. The SMILES string of the molecule is CCCCCC(=O)Nc1ccc2c(c1)C(C)(c1ccc(NC(=O)O)cc1)CCN2C(C)=O. The molecule has 1 aliphatic rings. The minimum Gasteiger partial charge on any atom is -0.465 e. The highest BCUT2D eigenvalue weighted by Gasteiger charge is 2.38. The van der Waals surface area contributed by atoms with E-state index < -0.39 is 11.5 Å². The Balaban J connectivity index is 1.95. The molecule has 1 atom stereocenters. The lowest BCUT2D eigenvalue weighted by atomic mass is 9.70. The molecule has 32 heavy (non-hydrogen) atoms. The molecule has 0 spiro atoms. The number of fused-ring (bicyclic) bond motifs is 1. The molecule has 3 N–H and O–H groups in total. The molecule has 0 saturated carbocycles. The molecule has 0 radical (unpaired) electrons. The van der Waals surface area contributed by atoms with E-state index in [-0.39, 0.29) is 11.8 Å². The normalized spacial score (nSPS) is 17.4. The van der Waals surface area contributed by atoms with Crippen LogP contribution in [0.4, 0.5) is 21.9 Å². The maximum absolute atomic E-state index is 12.4. The first-order chi connectivity index (χ1) is 15.2. The van der Waals surface area contributed by atoms with Crippen molar-refractivity contribution in [2.75, 3.05) is 22.1 Å². The average molecular weight is 438 g/mol. The Morgan fingerprint density at radius 1 is 1.03 bits per heavy atom. The number of carbonyl (C=O) groups is 3. The molecule has 2 aromatic rings. The van der Waals surface area contributed by atoms with Gasteiger partial charge in [-0.15, -0.1) is 0 Å². The van der Waals surface area contributed by atoms with E-state index >= 15 is 0 Å². The number of benzene rings is 2. The van der Waals surface area contributed by atoms with E-state index in [9.17, 15) is 14.4 Å². The number of unbranched alkanes of at least 4 members (excludes halogenated alkanes) is 2. The molecule has 1 heterocycles. The summed E-state index contributed by atoms with van der Waals surface area (Å²) in [5, 5.41) is 14.3. The Morgan fingerprint density at radius 3 is 2.34 bits per heavy atom. The quantitative estimate of drug-likeness (QED) is 0.508. The third-order valence-corrected chi connectivity index (χ3v) is 6.16. The molecule has 0 saturated heterocycles. The van der Waals surface area contributed by atoms with Crippen molar-refractivity contribution < 1.29 is 19.5 Å². The minimum atomic E-state index is -1.11. The number of hydrogen-bond donors (Lipinski definition) is 3. The Morgan fingerprint density at radius 2 is 1.72 bits per heavy atom. The van der Waals surface area contributed by atoms with E-state index in [0.717, 1.165) is 36.1 Å². The molecule has 7 heteroatoms. The van der Waals surface area contributed by atoms with E-state index in [4.69, 9.17) is 5.11 Å². The summed E-state index contributed by atoms with van der Waals surface area (Å²) in [6.45, 7) is 6.36. The lowest BCUT2D eigenvalue weighted by Gasteiger charge is -2.41. The third kappa shape index (κ3) is 5.10. The van der Waals surface area contributed by atoms with Crippen LogP contribution in [0.25, 0.3) is 0 Å². The Kier molecular flexibility index (Phi) is 7.18. The molecule has 0 bridgehead atoms. The number of nitrogens with zero attached hydrogens (tertiary/aromatic N) is 1. The number of nitrogens with one attached hydrogen (secondary N) is 2. The number of amides is 3. The van der Waals surface area contributed by atoms with Crippen molar-refractivity contribution in [2.24, 2.45) is 0 Å². The highest BCUT2D eigenvalue weighted by Crippen LogP contribution is 2.45. The monoisotopic (exact) mass is 437 g/mol. The van der Waals surface area contributed by atoms with Crippen molar-refractivity contribution in [3.05, 3.63) is 53.6 Å². The Hall–Kier alpha value is -3.35. The van der Waals surface area contributed by atoms with Gasteiger partial charge in [0.15, 0.2) is 0 Å². The van der Waals surface area contributed by atoms with Gasteiger partial charge in [0.05, 0.1) is 0 Å². The molecule has 3 amide bonds. The van der Waals surface area contributed by atoms with Crippen molar-refractivity contribution in [1.29, 1.82) is 0 Å². The summed E-state index contributed by atoms with van der Waals surface area (Å²) in [6.07, 6.45) is 3.03. The van der Waals surface area contributed by atoms with Gasteiger partial charge in [0, 0.05) is 42.4 Å². The summed E-state index contributed by atoms with van der Waals surface area (Å²) < 4.78 is 0. The van der Waals surface area contributed by atoms with E-state index in [0.29, 0.717) is 30.8 Å². The van der Waals surface area contributed by atoms with Gasteiger partial charge in [-0.25, -0.2) is 4.79 Å². The molecule has 1 aliphatic heterocycles. The first kappa shape index (κ1) is 23.3. The fourth-order valence-corrected chi connectivity index (χ4v) is 4.31. The number of carboxylic acid groups (broad SMARTS) is 1. The first-order valence-electron chi connectivity index (χ1n) is 11.1. The van der Waals surface area contributed by atoms with Crippen LogP contribution in [-0.4, -0.2) is 29.6 Å². The van der Waals surface area contributed by atoms with Gasteiger partial charge in [-0.2, -0.15) is 0 Å². The second-order valence-electron chi connectivity index (χ2n) is 8.50. The number of hydrogen-bond acceptors (Lipinski definition) is 3. The molecule has 0 aromatic heterocycles. The maximum atomic E-state index is 12.4. The molecule has 7 nitrogen and oxygen atoms in total. The predicted molar refractivity (Wildman–Crippen MR) is 126 cm³/mol. The summed E-state index contributed by atoms with van der Waals surface area (Å²) >= 11 is 0. The fraction of sp³-hybridized carbons (Fsp3) is 0.400. The van der Waals surface area contributed by atoms with Gasteiger partial charge in [0.2, 0.25) is 11.8 Å². The minimum absolute atomic E-state index is 0.0107. The van der Waals surface area contributed by atoms with Crippen LogP contribution in [0.3, 0.4) is 0 Å². The van der Waals surface area contributed by atoms with E-state index in [1.165, 1.54) is 0 Å². The summed E-state index contributed by atoms with van der Waals surface area (Å²) in [7, 11) is 0. The largest absolute Gasteiger partial charge is 0.465 e. The van der Waals surface area contributed by atoms with Gasteiger partial charge < -0.3 is 15.3 Å². The number of rotatable bonds is 7. The van der Waals surface area contributed by atoms with Crippen molar-refractivity contribution in [1.82, 2.24) is 0 Å². The first-order valence-corrected chi connectivity index (χ1v) is 11.1. The summed E-state index contributed by atoms with van der Waals surface area (Å²) in [5.41, 5.74) is 3.63. The molecule has 170 valence electrons. The van der Waals surface area contributed by atoms with Crippen LogP contribution in [0.5, 0.6) is 0 Å². The van der Waals surface area contributed by atoms with E-state index in [1.54, 1.807) is 24.0 Å². The third-order valence-electron chi connectivity index (χ3n) is 6.16. The van der Waals surface area contributed by atoms with Crippen molar-refractivity contribution in [3.63, 3.8) is 0 Å². The predicted octanol–water partition coefficient (Wildman–Crippen LogP) is 5.36. The summed E-state index contributed by atoms with van der Waals surface area (Å²) in [5.74, 6) is -0.0332. The maximum Gasteiger partial charge on any atom is 0.409 e. The lowest BCUT2D eigenvalue weighted by molar-refractivity contribution is -0.117. The van der Waals surface area contributed by atoms with E-state index in [2.05, 4.69) is 24.5 Å². The zero-order valence-electron chi connectivity index (χ0n) is 18.9. The standard InChI is InChI=1S/C25H31N3O4/c1-4-5-6-7-23(30)26-20-12-13-22-21(16-20)25(3,14-15-28(22)17(2)29)18-8-10-19(11-9-18)27-24(31)32/h8-13,16,27H,4-7,14-15H2,1-3H3,(H,26,30)(H,31,32). The molecule has 2 aromatic carbocycles. The zero-order chi connectivity index (χ0) is 23.3. The van der Waals surface area contributed by atoms with Crippen LogP contribution < -0.4 is 15.5 Å². The second-order valence-corrected chi connectivity index (χ2v) is 8.50. The van der Waals surface area contributed by atoms with Gasteiger partial charge in [0.1, 0.15) is 0 Å². The van der Waals surface area contributed by atoms with Gasteiger partial charge in [-0.3, -0.25) is 14.9 Å². The molecular formula is C25H31N3O4. The molecule has 0 aliphatic carbocycles. The number of carbonyl (C=O) groups excluding carboxylic acids is 2. The van der Waals surface area contributed by atoms with Crippen LogP contribution >= 0.6 is 0 Å². The topological polar surface area (TPSA) is 98.7 Å². The molecular weight excluding hydrogens is 406 g/mol. The van der Waals surface area contributed by atoms with Gasteiger partial charge >= 0.3 is 6.09 Å². The van der Waals surface area contributed by atoms with Crippen molar-refractivity contribution >= 4 is 35.0 Å². The lowest BCUT2D eigenvalue weighted by Crippen LogP contribution is -2.41. The molecule has 1 unspecified atom stereocenters. The fourth-order valence-electron chi connectivity index (χ4n) is 4.31. The number of anilines is 3. The van der Waals surface area contributed by atoms with Crippen LogP contribution in [-0.2, 0) is 15.0 Å². The van der Waals surface area contributed by atoms with Crippen molar-refractivity contribution in [2.45, 2.75) is 58.3 Å². The highest BCUT2D eigenvalue weighted by atomic mass is 16.4. The Labute approximate surface area is 188 Å². The van der Waals surface area contributed by atoms with Crippen LogP contribution in [0.15, 0.2) is 42.5 Å². The van der Waals surface area contributed by atoms with Gasteiger partial charge in [0.25, 0.3) is 0 Å².